The predicted molar refractivity (Wildman–Crippen MR) is 117 cm³/mol. The summed E-state index contributed by atoms with van der Waals surface area (Å²) >= 11 is 0. The van der Waals surface area contributed by atoms with E-state index in [1.54, 1.807) is 19.9 Å². The number of carbonyl (C=O) groups is 2. The molecule has 1 unspecified atom stereocenters. The minimum Gasteiger partial charge on any atom is -0.371 e. The van der Waals surface area contributed by atoms with E-state index in [1.807, 2.05) is 12.2 Å². The third kappa shape index (κ3) is 4.22. The summed E-state index contributed by atoms with van der Waals surface area (Å²) in [5.41, 5.74) is -1.38. The third-order valence-corrected chi connectivity index (χ3v) is 5.61. The fourth-order valence-corrected chi connectivity index (χ4v) is 3.84. The highest BCUT2D eigenvalue weighted by Gasteiger charge is 2.47. The first-order chi connectivity index (χ1) is 15.5. The number of hydrogen-bond donors (Lipinski definition) is 0. The summed E-state index contributed by atoms with van der Waals surface area (Å²) in [7, 11) is 1.34. The van der Waals surface area contributed by atoms with Gasteiger partial charge in [0.15, 0.2) is 11.5 Å². The summed E-state index contributed by atoms with van der Waals surface area (Å²) in [5, 5.41) is 5.64. The number of benzene rings is 1. The molecule has 7 nitrogen and oxygen atoms in total. The maximum Gasteiger partial charge on any atom is 0.416 e. The molecule has 0 aromatic heterocycles. The van der Waals surface area contributed by atoms with Gasteiger partial charge in [0.2, 0.25) is 5.78 Å². The Balaban J connectivity index is 1.81. The molecule has 0 N–H and O–H groups in total. The Kier molecular flexibility index (Phi) is 5.73. The van der Waals surface area contributed by atoms with E-state index in [-0.39, 0.29) is 29.7 Å². The average molecular weight is 460 g/mol. The van der Waals surface area contributed by atoms with E-state index in [1.165, 1.54) is 29.2 Å². The van der Waals surface area contributed by atoms with Gasteiger partial charge in [0, 0.05) is 12.8 Å². The standard InChI is InChI=1S/C23H23F3N4O3/c1-22(2)21(32)30(15-9-5-4-6-10-15)20(27-22)18-19(31)17(33-3)13-29(28-18)16-11-7-8-14(12-16)23(24,25)26/h5,7-12,17H,4,6,13H2,1-3H3. The molecular weight excluding hydrogens is 437 g/mol. The maximum absolute atomic E-state index is 13.2. The van der Waals surface area contributed by atoms with Crippen LogP contribution in [-0.4, -0.2) is 53.4 Å². The molecule has 174 valence electrons. The molecule has 1 atom stereocenters. The SMILES string of the molecule is COC1CN(c2cccc(C(F)(F)F)c2)N=C(C2=NC(C)(C)C(=O)N2C2=CCCC=C2)C1=O. The molecular formula is C23H23F3N4O3. The van der Waals surface area contributed by atoms with Crippen LogP contribution in [0.25, 0.3) is 0 Å². The number of methoxy groups -OCH3 is 1. The third-order valence-electron chi connectivity index (χ3n) is 5.61. The molecule has 2 aliphatic heterocycles. The molecule has 0 saturated heterocycles. The fraction of sp³-hybridized carbons (Fsp3) is 0.391. The number of amidine groups is 1. The largest absolute Gasteiger partial charge is 0.416 e. The van der Waals surface area contributed by atoms with Crippen molar-refractivity contribution in [2.75, 3.05) is 18.7 Å². The van der Waals surface area contributed by atoms with Crippen LogP contribution in [0.15, 0.2) is 58.3 Å². The van der Waals surface area contributed by atoms with E-state index in [4.69, 9.17) is 4.74 Å². The Morgan fingerprint density at radius 2 is 1.94 bits per heavy atom. The zero-order valence-electron chi connectivity index (χ0n) is 18.4. The van der Waals surface area contributed by atoms with Gasteiger partial charge in [-0.05, 0) is 51.0 Å². The molecule has 1 aromatic carbocycles. The monoisotopic (exact) mass is 460 g/mol. The van der Waals surface area contributed by atoms with Crippen LogP contribution in [0.4, 0.5) is 18.9 Å². The predicted octanol–water partition coefficient (Wildman–Crippen LogP) is 3.72. The zero-order valence-corrected chi connectivity index (χ0v) is 18.4. The smallest absolute Gasteiger partial charge is 0.371 e. The van der Waals surface area contributed by atoms with E-state index in [2.05, 4.69) is 10.1 Å². The molecule has 10 heteroatoms. The highest BCUT2D eigenvalue weighted by Crippen LogP contribution is 2.33. The molecule has 2 heterocycles. The van der Waals surface area contributed by atoms with Crippen LogP contribution in [0.3, 0.4) is 0 Å². The minimum absolute atomic E-state index is 0.0616. The van der Waals surface area contributed by atoms with E-state index in [9.17, 15) is 22.8 Å². The van der Waals surface area contributed by atoms with Crippen LogP contribution >= 0.6 is 0 Å². The van der Waals surface area contributed by atoms with Crippen LogP contribution in [0.1, 0.15) is 32.3 Å². The second kappa shape index (κ2) is 8.26. The van der Waals surface area contributed by atoms with Crippen molar-refractivity contribution in [1.29, 1.82) is 0 Å². The summed E-state index contributed by atoms with van der Waals surface area (Å²) < 4.78 is 45.0. The molecule has 3 aliphatic rings. The number of allylic oxidation sites excluding steroid dienone is 3. The number of ketones is 1. The van der Waals surface area contributed by atoms with E-state index in [0.717, 1.165) is 25.0 Å². The summed E-state index contributed by atoms with van der Waals surface area (Å²) in [6.07, 6.45) is 1.61. The second-order valence-corrected chi connectivity index (χ2v) is 8.41. The van der Waals surface area contributed by atoms with E-state index < -0.39 is 29.2 Å². The number of nitrogens with zero attached hydrogens (tertiary/aromatic N) is 4. The van der Waals surface area contributed by atoms with Gasteiger partial charge in [-0.3, -0.25) is 19.5 Å². The molecule has 1 amide bonds. The number of carbonyl (C=O) groups excluding carboxylic acids is 2. The van der Waals surface area contributed by atoms with Crippen LogP contribution in [0, 0.1) is 0 Å². The Labute approximate surface area is 188 Å². The molecule has 1 aliphatic carbocycles. The molecule has 0 fully saturated rings. The van der Waals surface area contributed by atoms with Gasteiger partial charge in [0.05, 0.1) is 17.8 Å². The lowest BCUT2D eigenvalue weighted by Gasteiger charge is -2.31. The fourth-order valence-electron chi connectivity index (χ4n) is 3.84. The summed E-state index contributed by atoms with van der Waals surface area (Å²) in [5.74, 6) is -0.752. The molecule has 0 saturated carbocycles. The lowest BCUT2D eigenvalue weighted by Crippen LogP contribution is -2.51. The van der Waals surface area contributed by atoms with Crippen LogP contribution in [0.5, 0.6) is 0 Å². The molecule has 1 aromatic rings. The number of alkyl halides is 3. The van der Waals surface area contributed by atoms with Gasteiger partial charge >= 0.3 is 6.18 Å². The summed E-state index contributed by atoms with van der Waals surface area (Å²) in [6, 6.07) is 4.66. The van der Waals surface area contributed by atoms with Crippen molar-refractivity contribution in [3.63, 3.8) is 0 Å². The Hall–Kier alpha value is -3.27. The lowest BCUT2D eigenvalue weighted by molar-refractivity contribution is -0.137. The Bertz CT molecular complexity index is 1120. The van der Waals surface area contributed by atoms with Crippen molar-refractivity contribution in [2.45, 2.75) is 44.5 Å². The van der Waals surface area contributed by atoms with Crippen molar-refractivity contribution in [3.05, 3.63) is 53.8 Å². The highest BCUT2D eigenvalue weighted by atomic mass is 19.4. The topological polar surface area (TPSA) is 74.6 Å². The zero-order chi connectivity index (χ0) is 24.0. The number of ether oxygens (including phenoxy) is 1. The van der Waals surface area contributed by atoms with E-state index >= 15 is 0 Å². The highest BCUT2D eigenvalue weighted by molar-refractivity contribution is 6.69. The number of aliphatic imine (C=N–C) groups is 1. The average Bonchev–Trinajstić information content (AvgIpc) is 3.02. The van der Waals surface area contributed by atoms with Gasteiger partial charge in [-0.1, -0.05) is 18.2 Å². The van der Waals surface area contributed by atoms with Crippen LogP contribution in [-0.2, 0) is 20.5 Å². The molecule has 0 radical (unpaired) electrons. The number of halogens is 3. The van der Waals surface area contributed by atoms with Gasteiger partial charge in [-0.15, -0.1) is 0 Å². The van der Waals surface area contributed by atoms with Gasteiger partial charge < -0.3 is 4.74 Å². The van der Waals surface area contributed by atoms with Gasteiger partial charge in [0.1, 0.15) is 11.6 Å². The second-order valence-electron chi connectivity index (χ2n) is 8.41. The first-order valence-electron chi connectivity index (χ1n) is 10.4. The van der Waals surface area contributed by atoms with Crippen LogP contribution in [0.2, 0.25) is 0 Å². The first kappa shape index (κ1) is 22.9. The van der Waals surface area contributed by atoms with Crippen molar-refractivity contribution >= 4 is 28.9 Å². The molecule has 4 rings (SSSR count). The van der Waals surface area contributed by atoms with Crippen molar-refractivity contribution < 1.29 is 27.5 Å². The van der Waals surface area contributed by atoms with Gasteiger partial charge in [-0.2, -0.15) is 18.3 Å². The normalized spacial score (nSPS) is 23.0. The van der Waals surface area contributed by atoms with Crippen molar-refractivity contribution in [3.8, 4) is 0 Å². The molecule has 33 heavy (non-hydrogen) atoms. The number of rotatable bonds is 4. The summed E-state index contributed by atoms with van der Waals surface area (Å²) in [4.78, 5) is 32.2. The Morgan fingerprint density at radius 1 is 1.18 bits per heavy atom. The number of amides is 1. The van der Waals surface area contributed by atoms with Gasteiger partial charge in [-0.25, -0.2) is 4.99 Å². The number of hydrogen-bond acceptors (Lipinski definition) is 6. The minimum atomic E-state index is -4.53. The number of Topliss-reactive ketones (excluding diaryl/α,β-unsaturated/α-hetero) is 1. The summed E-state index contributed by atoms with van der Waals surface area (Å²) in [6.45, 7) is 3.19. The van der Waals surface area contributed by atoms with Crippen molar-refractivity contribution in [1.82, 2.24) is 4.90 Å². The molecule has 0 spiro atoms. The number of anilines is 1. The maximum atomic E-state index is 13.2. The molecule has 0 bridgehead atoms. The lowest BCUT2D eigenvalue weighted by atomic mass is 10.0. The van der Waals surface area contributed by atoms with E-state index in [0.29, 0.717) is 5.70 Å². The van der Waals surface area contributed by atoms with Crippen molar-refractivity contribution in [2.24, 2.45) is 10.1 Å². The van der Waals surface area contributed by atoms with Crippen LogP contribution < -0.4 is 5.01 Å². The number of hydrazone groups is 1. The van der Waals surface area contributed by atoms with Gasteiger partial charge in [0.25, 0.3) is 5.91 Å². The quantitative estimate of drug-likeness (QED) is 0.687. The Morgan fingerprint density at radius 3 is 2.58 bits per heavy atom. The first-order valence-corrected chi connectivity index (χ1v) is 10.4.